The van der Waals surface area contributed by atoms with Crippen LogP contribution in [-0.4, -0.2) is 105 Å². The molecule has 0 aliphatic heterocycles. The number of hydrogen-bond donors (Lipinski definition) is 8. The maximum atomic E-state index is 13.3. The van der Waals surface area contributed by atoms with E-state index in [0.29, 0.717) is 0 Å². The summed E-state index contributed by atoms with van der Waals surface area (Å²) in [6.07, 6.45) is -9.51. The summed E-state index contributed by atoms with van der Waals surface area (Å²) in [5.74, 6) is -2.20. The number of aliphatic hydroxyl groups is 6. The van der Waals surface area contributed by atoms with Crippen LogP contribution in [-0.2, 0) is 9.47 Å². The maximum Gasteiger partial charge on any atom is 0.255 e. The Bertz CT molecular complexity index is 662. The third-order valence-electron chi connectivity index (χ3n) is 4.06. The highest BCUT2D eigenvalue weighted by atomic mass is 19.1. The van der Waals surface area contributed by atoms with E-state index in [4.69, 9.17) is 14.6 Å². The van der Waals surface area contributed by atoms with E-state index in [1.165, 1.54) is 6.92 Å². The van der Waals surface area contributed by atoms with Gasteiger partial charge in [-0.15, -0.1) is 0 Å². The zero-order chi connectivity index (χ0) is 22.8. The Hall–Kier alpha value is -1.90. The van der Waals surface area contributed by atoms with Gasteiger partial charge < -0.3 is 50.5 Å². The van der Waals surface area contributed by atoms with Crippen molar-refractivity contribution >= 4 is 5.91 Å². The number of aromatic hydroxyl groups is 1. The van der Waals surface area contributed by atoms with Gasteiger partial charge in [-0.25, -0.2) is 4.39 Å². The number of nitrogens with one attached hydrogen (secondary N) is 1. The summed E-state index contributed by atoms with van der Waals surface area (Å²) in [6, 6.07) is 2.70. The molecule has 0 aliphatic rings. The summed E-state index contributed by atoms with van der Waals surface area (Å²) in [6.45, 7) is -0.952. The lowest BCUT2D eigenvalue weighted by Crippen LogP contribution is -2.52. The molecule has 0 fully saturated rings. The summed E-state index contributed by atoms with van der Waals surface area (Å²) < 4.78 is 23.6. The van der Waals surface area contributed by atoms with Crippen LogP contribution in [0.1, 0.15) is 17.3 Å². The smallest absolute Gasteiger partial charge is 0.255 e. The van der Waals surface area contributed by atoms with Crippen molar-refractivity contribution in [2.45, 2.75) is 43.7 Å². The second-order valence-electron chi connectivity index (χ2n) is 6.48. The molecule has 0 spiro atoms. The number of benzene rings is 1. The van der Waals surface area contributed by atoms with Crippen LogP contribution in [0.2, 0.25) is 0 Å². The number of phenols is 1. The molecule has 1 rings (SSSR count). The first-order valence-electron chi connectivity index (χ1n) is 9.10. The molecule has 0 saturated heterocycles. The molecule has 0 aromatic heterocycles. The summed E-state index contributed by atoms with van der Waals surface area (Å²) in [4.78, 5) is 12.1. The van der Waals surface area contributed by atoms with Crippen LogP contribution in [0.5, 0.6) is 5.75 Å². The van der Waals surface area contributed by atoms with E-state index in [2.05, 4.69) is 5.32 Å². The molecular formula is C18H28FNO10. The molecule has 1 aromatic rings. The summed E-state index contributed by atoms with van der Waals surface area (Å²) in [7, 11) is 0. The van der Waals surface area contributed by atoms with Gasteiger partial charge in [0.05, 0.1) is 31.5 Å². The van der Waals surface area contributed by atoms with Gasteiger partial charge >= 0.3 is 0 Å². The number of halogens is 1. The molecule has 0 heterocycles. The summed E-state index contributed by atoms with van der Waals surface area (Å²) >= 11 is 0. The first kappa shape index (κ1) is 26.1. The number of ether oxygens (including phenoxy) is 2. The van der Waals surface area contributed by atoms with Crippen LogP contribution in [0.3, 0.4) is 0 Å². The highest BCUT2D eigenvalue weighted by Crippen LogP contribution is 2.18. The number of carbonyl (C=O) groups excluding carboxylic acids is 1. The summed E-state index contributed by atoms with van der Waals surface area (Å²) in [5, 5.41) is 69.7. The Morgan fingerprint density at radius 2 is 1.83 bits per heavy atom. The van der Waals surface area contributed by atoms with Gasteiger partial charge in [-0.2, -0.15) is 0 Å². The molecule has 11 nitrogen and oxygen atoms in total. The van der Waals surface area contributed by atoms with Gasteiger partial charge in [0.25, 0.3) is 5.91 Å². The van der Waals surface area contributed by atoms with Crippen molar-refractivity contribution in [3.63, 3.8) is 0 Å². The van der Waals surface area contributed by atoms with Crippen molar-refractivity contribution < 1.29 is 54.4 Å². The fraction of sp³-hybridized carbons (Fsp3) is 0.611. The highest BCUT2D eigenvalue weighted by molar-refractivity contribution is 5.96. The molecule has 30 heavy (non-hydrogen) atoms. The van der Waals surface area contributed by atoms with Crippen molar-refractivity contribution in [2.75, 3.05) is 26.4 Å². The van der Waals surface area contributed by atoms with Crippen LogP contribution in [0.25, 0.3) is 0 Å². The molecule has 3 unspecified atom stereocenters. The maximum absolute atomic E-state index is 13.3. The zero-order valence-corrected chi connectivity index (χ0v) is 16.3. The van der Waals surface area contributed by atoms with E-state index in [1.54, 1.807) is 0 Å². The molecule has 0 saturated carbocycles. The molecule has 172 valence electrons. The molecule has 12 heteroatoms. The molecule has 0 aliphatic carbocycles. The Balaban J connectivity index is 2.87. The van der Waals surface area contributed by atoms with E-state index in [9.17, 15) is 39.8 Å². The van der Waals surface area contributed by atoms with Crippen molar-refractivity contribution in [2.24, 2.45) is 0 Å². The molecule has 1 amide bonds. The fourth-order valence-corrected chi connectivity index (χ4v) is 2.41. The Morgan fingerprint density at radius 1 is 1.17 bits per heavy atom. The lowest BCUT2D eigenvalue weighted by atomic mass is 10.1. The van der Waals surface area contributed by atoms with Crippen LogP contribution < -0.4 is 5.32 Å². The van der Waals surface area contributed by atoms with Gasteiger partial charge in [0.15, 0.2) is 6.29 Å². The van der Waals surface area contributed by atoms with E-state index < -0.39 is 79.6 Å². The molecular weight excluding hydrogens is 409 g/mol. The minimum absolute atomic E-state index is 0.304. The zero-order valence-electron chi connectivity index (χ0n) is 16.3. The topological polar surface area (TPSA) is 189 Å². The highest BCUT2D eigenvalue weighted by Gasteiger charge is 2.35. The quantitative estimate of drug-likeness (QED) is 0.152. The standard InChI is InChI=1S/C18H28FNO10/c1-9(23)15(27)18(29-5-4-21)30-16(14(26)8-22)13(25)7-20-17(28)11-6-10(19)2-3-12(11)24/h2-3,6,9,13-16,18,21-27H,4-5,7-8H2,1H3,(H,20,28)/t9?,13-,14?,15?,16+,18+/m1/s1. The number of carbonyl (C=O) groups is 1. The average Bonchev–Trinajstić information content (AvgIpc) is 2.72. The van der Waals surface area contributed by atoms with Crippen molar-refractivity contribution in [1.29, 1.82) is 0 Å². The second kappa shape index (κ2) is 12.7. The van der Waals surface area contributed by atoms with Crippen molar-refractivity contribution in [3.8, 4) is 5.75 Å². The third-order valence-corrected chi connectivity index (χ3v) is 4.06. The van der Waals surface area contributed by atoms with Crippen LogP contribution in [0.4, 0.5) is 4.39 Å². The molecule has 8 N–H and O–H groups in total. The number of aliphatic hydroxyl groups excluding tert-OH is 6. The van der Waals surface area contributed by atoms with E-state index in [1.807, 2.05) is 0 Å². The number of rotatable bonds is 13. The van der Waals surface area contributed by atoms with E-state index in [0.717, 1.165) is 18.2 Å². The Kier molecular flexibility index (Phi) is 11.1. The van der Waals surface area contributed by atoms with Gasteiger partial charge in [-0.3, -0.25) is 4.79 Å². The van der Waals surface area contributed by atoms with Gasteiger partial charge in [0.2, 0.25) is 0 Å². The second-order valence-corrected chi connectivity index (χ2v) is 6.48. The Morgan fingerprint density at radius 3 is 2.40 bits per heavy atom. The fourth-order valence-electron chi connectivity index (χ4n) is 2.41. The third kappa shape index (κ3) is 7.74. The first-order valence-corrected chi connectivity index (χ1v) is 9.10. The predicted molar refractivity (Wildman–Crippen MR) is 98.9 cm³/mol. The first-order chi connectivity index (χ1) is 14.1. The lowest BCUT2D eigenvalue weighted by molar-refractivity contribution is -0.262. The summed E-state index contributed by atoms with van der Waals surface area (Å²) in [5.41, 5.74) is -0.393. The minimum atomic E-state index is -1.68. The Labute approximate surface area is 171 Å². The van der Waals surface area contributed by atoms with Gasteiger partial charge in [-0.05, 0) is 25.1 Å². The van der Waals surface area contributed by atoms with Gasteiger partial charge in [0.1, 0.15) is 36.0 Å². The predicted octanol–water partition coefficient (Wildman–Crippen LogP) is -2.56. The number of phenolic OH excluding ortho intramolecular Hbond substituents is 1. The number of amides is 1. The molecule has 1 aromatic carbocycles. The minimum Gasteiger partial charge on any atom is -0.507 e. The molecule has 6 atom stereocenters. The number of hydrogen-bond acceptors (Lipinski definition) is 10. The van der Waals surface area contributed by atoms with Crippen LogP contribution >= 0.6 is 0 Å². The molecule has 0 radical (unpaired) electrons. The van der Waals surface area contributed by atoms with Crippen LogP contribution in [0, 0.1) is 5.82 Å². The van der Waals surface area contributed by atoms with Gasteiger partial charge in [0, 0.05) is 6.54 Å². The van der Waals surface area contributed by atoms with E-state index in [-0.39, 0.29) is 6.61 Å². The van der Waals surface area contributed by atoms with Gasteiger partial charge in [-0.1, -0.05) is 0 Å². The van der Waals surface area contributed by atoms with E-state index >= 15 is 0 Å². The molecule has 0 bridgehead atoms. The largest absolute Gasteiger partial charge is 0.507 e. The van der Waals surface area contributed by atoms with Crippen molar-refractivity contribution in [3.05, 3.63) is 29.6 Å². The average molecular weight is 437 g/mol. The SMILES string of the molecule is CC(O)C(O)[C@@H](OCCO)O[C@H](C(O)CO)[C@H](O)CNC(=O)c1cc(F)ccc1O. The monoisotopic (exact) mass is 437 g/mol. The van der Waals surface area contributed by atoms with Crippen molar-refractivity contribution in [1.82, 2.24) is 5.32 Å². The normalized spacial score (nSPS) is 17.6. The lowest BCUT2D eigenvalue weighted by Gasteiger charge is -2.33. The van der Waals surface area contributed by atoms with Crippen LogP contribution in [0.15, 0.2) is 18.2 Å².